The molecule has 0 aromatic heterocycles. The van der Waals surface area contributed by atoms with Crippen molar-refractivity contribution in [3.8, 4) is 22.6 Å². The maximum Gasteiger partial charge on any atom is 0.270 e. The SMILES string of the molecule is O=C1NC(=S)N(c2ccc(Oc3ccccc3)cc2)C(=O)/C1=C/c1ccc(-c2cc(Cl)cc(Br)c2)cc1. The molecular formula is C29H18BrClN2O3S. The van der Waals surface area contributed by atoms with Gasteiger partial charge in [0.1, 0.15) is 17.1 Å². The molecule has 182 valence electrons. The maximum atomic E-state index is 13.3. The fourth-order valence-corrected chi connectivity index (χ4v) is 4.98. The van der Waals surface area contributed by atoms with Gasteiger partial charge in [0.05, 0.1) is 5.69 Å². The molecule has 4 aromatic carbocycles. The fourth-order valence-electron chi connectivity index (χ4n) is 3.84. The van der Waals surface area contributed by atoms with E-state index in [1.54, 1.807) is 30.3 Å². The maximum absolute atomic E-state index is 13.3. The first-order chi connectivity index (χ1) is 17.9. The second-order valence-corrected chi connectivity index (χ2v) is 9.89. The van der Waals surface area contributed by atoms with E-state index in [0.29, 0.717) is 27.8 Å². The Bertz CT molecular complexity index is 1520. The number of hydrogen-bond donors (Lipinski definition) is 1. The summed E-state index contributed by atoms with van der Waals surface area (Å²) >= 11 is 14.9. The number of carbonyl (C=O) groups is 2. The van der Waals surface area contributed by atoms with Gasteiger partial charge >= 0.3 is 0 Å². The number of nitrogens with one attached hydrogen (secondary N) is 1. The second-order valence-electron chi connectivity index (χ2n) is 8.15. The number of thiocarbonyl (C=S) groups is 1. The molecule has 5 nitrogen and oxygen atoms in total. The summed E-state index contributed by atoms with van der Waals surface area (Å²) in [6.45, 7) is 0. The molecule has 1 heterocycles. The summed E-state index contributed by atoms with van der Waals surface area (Å²) < 4.78 is 6.70. The lowest BCUT2D eigenvalue weighted by Gasteiger charge is -2.29. The van der Waals surface area contributed by atoms with Gasteiger partial charge in [0.25, 0.3) is 11.8 Å². The molecule has 1 saturated heterocycles. The largest absolute Gasteiger partial charge is 0.457 e. The smallest absolute Gasteiger partial charge is 0.270 e. The molecule has 37 heavy (non-hydrogen) atoms. The predicted molar refractivity (Wildman–Crippen MR) is 154 cm³/mol. The monoisotopic (exact) mass is 588 g/mol. The summed E-state index contributed by atoms with van der Waals surface area (Å²) in [5, 5.41) is 3.25. The molecule has 0 radical (unpaired) electrons. The second kappa shape index (κ2) is 10.7. The zero-order chi connectivity index (χ0) is 25.9. The Balaban J connectivity index is 1.38. The van der Waals surface area contributed by atoms with Gasteiger partial charge in [-0.2, -0.15) is 0 Å². The van der Waals surface area contributed by atoms with E-state index >= 15 is 0 Å². The molecule has 8 heteroatoms. The highest BCUT2D eigenvalue weighted by Crippen LogP contribution is 2.29. The number of amides is 2. The lowest BCUT2D eigenvalue weighted by atomic mass is 10.0. The van der Waals surface area contributed by atoms with Crippen LogP contribution in [0.2, 0.25) is 5.02 Å². The van der Waals surface area contributed by atoms with E-state index in [0.717, 1.165) is 15.6 Å². The molecule has 1 aliphatic rings. The van der Waals surface area contributed by atoms with Crippen LogP contribution in [0.15, 0.2) is 107 Å². The molecule has 5 rings (SSSR count). The van der Waals surface area contributed by atoms with Gasteiger partial charge in [-0.15, -0.1) is 0 Å². The zero-order valence-corrected chi connectivity index (χ0v) is 22.3. The summed E-state index contributed by atoms with van der Waals surface area (Å²) in [5.74, 6) is 0.259. The molecule has 0 unspecified atom stereocenters. The van der Waals surface area contributed by atoms with Gasteiger partial charge in [-0.05, 0) is 89.6 Å². The highest BCUT2D eigenvalue weighted by Gasteiger charge is 2.34. The van der Waals surface area contributed by atoms with Gasteiger partial charge in [-0.3, -0.25) is 19.8 Å². The quantitative estimate of drug-likeness (QED) is 0.150. The van der Waals surface area contributed by atoms with E-state index in [4.69, 9.17) is 28.6 Å². The molecule has 1 N–H and O–H groups in total. The topological polar surface area (TPSA) is 58.6 Å². The van der Waals surface area contributed by atoms with Crippen LogP contribution in [0.5, 0.6) is 11.5 Å². The summed E-state index contributed by atoms with van der Waals surface area (Å²) in [7, 11) is 0. The average Bonchev–Trinajstić information content (AvgIpc) is 2.88. The van der Waals surface area contributed by atoms with Crippen LogP contribution in [-0.2, 0) is 9.59 Å². The molecule has 0 bridgehead atoms. The Labute approximate surface area is 232 Å². The minimum Gasteiger partial charge on any atom is -0.457 e. The fraction of sp³-hybridized carbons (Fsp3) is 0. The molecular weight excluding hydrogens is 572 g/mol. The van der Waals surface area contributed by atoms with Crippen LogP contribution in [0.3, 0.4) is 0 Å². The van der Waals surface area contributed by atoms with Crippen LogP contribution in [0.1, 0.15) is 5.56 Å². The number of hydrogen-bond acceptors (Lipinski definition) is 4. The van der Waals surface area contributed by atoms with Crippen molar-refractivity contribution in [2.75, 3.05) is 4.90 Å². The van der Waals surface area contributed by atoms with Crippen LogP contribution < -0.4 is 15.0 Å². The lowest BCUT2D eigenvalue weighted by Crippen LogP contribution is -2.54. The highest BCUT2D eigenvalue weighted by molar-refractivity contribution is 9.10. The van der Waals surface area contributed by atoms with Crippen molar-refractivity contribution in [3.05, 3.63) is 118 Å². The van der Waals surface area contributed by atoms with Gasteiger partial charge in [0, 0.05) is 9.50 Å². The third kappa shape index (κ3) is 5.64. The lowest BCUT2D eigenvalue weighted by molar-refractivity contribution is -0.122. The van der Waals surface area contributed by atoms with Crippen LogP contribution >= 0.6 is 39.7 Å². The van der Waals surface area contributed by atoms with Gasteiger partial charge in [-0.1, -0.05) is 70.0 Å². The molecule has 0 spiro atoms. The third-order valence-corrected chi connectivity index (χ3v) is 6.55. The van der Waals surface area contributed by atoms with E-state index in [-0.39, 0.29) is 10.7 Å². The summed E-state index contributed by atoms with van der Waals surface area (Å²) in [4.78, 5) is 27.3. The van der Waals surface area contributed by atoms with Crippen molar-refractivity contribution in [2.24, 2.45) is 0 Å². The van der Waals surface area contributed by atoms with E-state index < -0.39 is 11.8 Å². The minimum absolute atomic E-state index is 0.0172. The average molecular weight is 590 g/mol. The first kappa shape index (κ1) is 24.9. The normalized spacial score (nSPS) is 14.6. The number of nitrogens with zero attached hydrogens (tertiary/aromatic N) is 1. The molecule has 2 amide bonds. The first-order valence-electron chi connectivity index (χ1n) is 11.2. The van der Waals surface area contributed by atoms with E-state index in [2.05, 4.69) is 21.2 Å². The summed E-state index contributed by atoms with van der Waals surface area (Å²) in [6, 6.07) is 29.4. The number of ether oxygens (including phenoxy) is 1. The van der Waals surface area contributed by atoms with Crippen molar-refractivity contribution in [3.63, 3.8) is 0 Å². The van der Waals surface area contributed by atoms with Gasteiger partial charge in [0.2, 0.25) is 0 Å². The van der Waals surface area contributed by atoms with Crippen molar-refractivity contribution in [2.45, 2.75) is 0 Å². The molecule has 0 aliphatic carbocycles. The molecule has 0 atom stereocenters. The van der Waals surface area contributed by atoms with Gasteiger partial charge in [-0.25, -0.2) is 0 Å². The molecule has 0 saturated carbocycles. The summed E-state index contributed by atoms with van der Waals surface area (Å²) in [5.41, 5.74) is 3.09. The van der Waals surface area contributed by atoms with E-state index in [1.807, 2.05) is 72.8 Å². The van der Waals surface area contributed by atoms with E-state index in [9.17, 15) is 9.59 Å². The number of anilines is 1. The van der Waals surface area contributed by atoms with Crippen LogP contribution in [0, 0.1) is 0 Å². The Morgan fingerprint density at radius 1 is 0.838 bits per heavy atom. The minimum atomic E-state index is -0.543. The number of para-hydroxylation sites is 1. The Morgan fingerprint density at radius 2 is 1.51 bits per heavy atom. The van der Waals surface area contributed by atoms with Gasteiger partial charge < -0.3 is 4.74 Å². The van der Waals surface area contributed by atoms with Crippen LogP contribution in [0.4, 0.5) is 5.69 Å². The van der Waals surface area contributed by atoms with Crippen molar-refractivity contribution in [1.82, 2.24) is 5.32 Å². The predicted octanol–water partition coefficient (Wildman–Crippen LogP) is 7.39. The number of carbonyl (C=O) groups excluding carboxylic acids is 2. The molecule has 4 aromatic rings. The first-order valence-corrected chi connectivity index (χ1v) is 12.8. The summed E-state index contributed by atoms with van der Waals surface area (Å²) in [6.07, 6.45) is 1.55. The Morgan fingerprint density at radius 3 is 2.19 bits per heavy atom. The zero-order valence-electron chi connectivity index (χ0n) is 19.2. The van der Waals surface area contributed by atoms with Crippen molar-refractivity contribution in [1.29, 1.82) is 0 Å². The van der Waals surface area contributed by atoms with Gasteiger partial charge in [0.15, 0.2) is 5.11 Å². The molecule has 1 aliphatic heterocycles. The van der Waals surface area contributed by atoms with E-state index in [1.165, 1.54) is 4.90 Å². The van der Waals surface area contributed by atoms with Crippen molar-refractivity contribution >= 4 is 68.4 Å². The highest BCUT2D eigenvalue weighted by atomic mass is 79.9. The van der Waals surface area contributed by atoms with Crippen LogP contribution in [-0.4, -0.2) is 16.9 Å². The number of rotatable bonds is 5. The molecule has 1 fully saturated rings. The van der Waals surface area contributed by atoms with Crippen LogP contribution in [0.25, 0.3) is 17.2 Å². The number of halogens is 2. The number of benzene rings is 4. The van der Waals surface area contributed by atoms with Crippen molar-refractivity contribution < 1.29 is 14.3 Å². The standard InChI is InChI=1S/C29H18BrClN2O3S/c30-21-15-20(16-22(31)17-21)19-8-6-18(7-9-19)14-26-27(34)32-29(37)33(28(26)35)23-10-12-25(13-11-23)36-24-4-2-1-3-5-24/h1-17H,(H,32,34,37)/b26-14+. The third-order valence-electron chi connectivity index (χ3n) is 5.59. The Kier molecular flexibility index (Phi) is 7.19. The Hall–Kier alpha value is -3.78.